The van der Waals surface area contributed by atoms with Gasteiger partial charge in [0, 0.05) is 24.4 Å². The van der Waals surface area contributed by atoms with Crippen LogP contribution in [-0.4, -0.2) is 28.1 Å². The second-order valence-electron chi connectivity index (χ2n) is 5.46. The van der Waals surface area contributed by atoms with E-state index in [9.17, 15) is 14.3 Å². The SMILES string of the molecule is CC1CCC(O)(CNC(=O)c2ccnc(F)c2)CC1. The van der Waals surface area contributed by atoms with Gasteiger partial charge in [-0.05, 0) is 37.7 Å². The van der Waals surface area contributed by atoms with Gasteiger partial charge in [0.15, 0.2) is 0 Å². The molecule has 4 nitrogen and oxygen atoms in total. The highest BCUT2D eigenvalue weighted by Crippen LogP contribution is 2.31. The van der Waals surface area contributed by atoms with Gasteiger partial charge in [0.2, 0.25) is 5.95 Å². The molecule has 0 unspecified atom stereocenters. The van der Waals surface area contributed by atoms with E-state index >= 15 is 0 Å². The molecule has 1 aromatic heterocycles. The Kier molecular flexibility index (Phi) is 4.14. The molecule has 104 valence electrons. The maximum Gasteiger partial charge on any atom is 0.251 e. The molecule has 5 heteroatoms. The molecule has 0 spiro atoms. The zero-order valence-corrected chi connectivity index (χ0v) is 11.0. The van der Waals surface area contributed by atoms with E-state index in [-0.39, 0.29) is 18.0 Å². The number of pyridine rings is 1. The van der Waals surface area contributed by atoms with Gasteiger partial charge in [0.25, 0.3) is 5.91 Å². The molecule has 0 aliphatic heterocycles. The fourth-order valence-electron chi connectivity index (χ4n) is 2.37. The highest BCUT2D eigenvalue weighted by molar-refractivity contribution is 5.94. The molecule has 0 radical (unpaired) electrons. The van der Waals surface area contributed by atoms with E-state index in [1.54, 1.807) is 0 Å². The van der Waals surface area contributed by atoms with Crippen molar-refractivity contribution in [2.24, 2.45) is 5.92 Å². The molecule has 0 aromatic carbocycles. The van der Waals surface area contributed by atoms with E-state index in [1.807, 2.05) is 0 Å². The highest BCUT2D eigenvalue weighted by Gasteiger charge is 2.32. The molecule has 1 aromatic rings. The van der Waals surface area contributed by atoms with Crippen molar-refractivity contribution in [3.05, 3.63) is 29.8 Å². The molecule has 1 fully saturated rings. The molecule has 2 rings (SSSR count). The van der Waals surface area contributed by atoms with Gasteiger partial charge in [-0.3, -0.25) is 4.79 Å². The molecular formula is C14H19FN2O2. The quantitative estimate of drug-likeness (QED) is 0.821. The fourth-order valence-corrected chi connectivity index (χ4v) is 2.37. The normalized spacial score (nSPS) is 27.0. The summed E-state index contributed by atoms with van der Waals surface area (Å²) >= 11 is 0. The van der Waals surface area contributed by atoms with Crippen LogP contribution in [0.4, 0.5) is 4.39 Å². The fraction of sp³-hybridized carbons (Fsp3) is 0.571. The van der Waals surface area contributed by atoms with Crippen LogP contribution in [0, 0.1) is 11.9 Å². The summed E-state index contributed by atoms with van der Waals surface area (Å²) in [4.78, 5) is 15.2. The minimum absolute atomic E-state index is 0.211. The third-order valence-electron chi connectivity index (χ3n) is 3.77. The summed E-state index contributed by atoms with van der Waals surface area (Å²) in [5, 5.41) is 13.0. The maximum absolute atomic E-state index is 12.9. The van der Waals surface area contributed by atoms with E-state index in [0.717, 1.165) is 18.9 Å². The van der Waals surface area contributed by atoms with Crippen LogP contribution in [0.3, 0.4) is 0 Å². The summed E-state index contributed by atoms with van der Waals surface area (Å²) in [6.07, 6.45) is 4.58. The molecule has 1 aliphatic carbocycles. The average Bonchev–Trinajstić information content (AvgIpc) is 2.40. The van der Waals surface area contributed by atoms with Gasteiger partial charge >= 0.3 is 0 Å². The van der Waals surface area contributed by atoms with Crippen LogP contribution in [-0.2, 0) is 0 Å². The molecule has 1 amide bonds. The number of hydrogen-bond acceptors (Lipinski definition) is 3. The van der Waals surface area contributed by atoms with E-state index in [4.69, 9.17) is 0 Å². The molecular weight excluding hydrogens is 247 g/mol. The molecule has 1 aliphatic rings. The van der Waals surface area contributed by atoms with Gasteiger partial charge in [0.05, 0.1) is 5.60 Å². The summed E-state index contributed by atoms with van der Waals surface area (Å²) in [5.74, 6) is -0.434. The van der Waals surface area contributed by atoms with Crippen LogP contribution < -0.4 is 5.32 Å². The van der Waals surface area contributed by atoms with Crippen LogP contribution in [0.5, 0.6) is 0 Å². The van der Waals surface area contributed by atoms with Gasteiger partial charge in [0.1, 0.15) is 0 Å². The lowest BCUT2D eigenvalue weighted by Gasteiger charge is -2.34. The molecule has 0 atom stereocenters. The lowest BCUT2D eigenvalue weighted by atomic mass is 9.79. The zero-order valence-electron chi connectivity index (χ0n) is 11.0. The lowest BCUT2D eigenvalue weighted by Crippen LogP contribution is -2.45. The second kappa shape index (κ2) is 5.65. The Hall–Kier alpha value is -1.49. The molecule has 2 N–H and O–H groups in total. The van der Waals surface area contributed by atoms with Gasteiger partial charge in [-0.2, -0.15) is 4.39 Å². The number of carbonyl (C=O) groups excluding carboxylic acids is 1. The summed E-state index contributed by atoms with van der Waals surface area (Å²) < 4.78 is 12.9. The van der Waals surface area contributed by atoms with E-state index in [0.29, 0.717) is 18.8 Å². The van der Waals surface area contributed by atoms with Crippen LogP contribution in [0.2, 0.25) is 0 Å². The van der Waals surface area contributed by atoms with Gasteiger partial charge in [-0.1, -0.05) is 6.92 Å². The minimum atomic E-state index is -0.826. The van der Waals surface area contributed by atoms with Crippen molar-refractivity contribution in [1.29, 1.82) is 0 Å². The molecule has 0 bridgehead atoms. The van der Waals surface area contributed by atoms with Crippen molar-refractivity contribution < 1.29 is 14.3 Å². The Morgan fingerprint density at radius 1 is 1.58 bits per heavy atom. The second-order valence-corrected chi connectivity index (χ2v) is 5.46. The van der Waals surface area contributed by atoms with Crippen molar-refractivity contribution in [2.45, 2.75) is 38.2 Å². The van der Waals surface area contributed by atoms with E-state index < -0.39 is 11.5 Å². The van der Waals surface area contributed by atoms with Crippen LogP contribution in [0.25, 0.3) is 0 Å². The minimum Gasteiger partial charge on any atom is -0.388 e. The first-order chi connectivity index (χ1) is 8.98. The topological polar surface area (TPSA) is 62.2 Å². The first kappa shape index (κ1) is 13.9. The number of carbonyl (C=O) groups is 1. The standard InChI is InChI=1S/C14H19FN2O2/c1-10-2-5-14(19,6-3-10)9-17-13(18)11-4-7-16-12(15)8-11/h4,7-8,10,19H,2-3,5-6,9H2,1H3,(H,17,18). The number of halogens is 1. The summed E-state index contributed by atoms with van der Waals surface area (Å²) in [5.41, 5.74) is -0.603. The molecule has 1 heterocycles. The first-order valence-corrected chi connectivity index (χ1v) is 6.61. The number of aliphatic hydroxyl groups is 1. The molecule has 19 heavy (non-hydrogen) atoms. The zero-order chi connectivity index (χ0) is 13.9. The third kappa shape index (κ3) is 3.73. The van der Waals surface area contributed by atoms with E-state index in [2.05, 4.69) is 17.2 Å². The number of aromatic nitrogens is 1. The van der Waals surface area contributed by atoms with Crippen LogP contribution >= 0.6 is 0 Å². The number of rotatable bonds is 3. The average molecular weight is 266 g/mol. The van der Waals surface area contributed by atoms with Gasteiger partial charge in [-0.15, -0.1) is 0 Å². The van der Waals surface area contributed by atoms with Crippen LogP contribution in [0.15, 0.2) is 18.3 Å². The van der Waals surface area contributed by atoms with Crippen molar-refractivity contribution in [2.75, 3.05) is 6.54 Å². The van der Waals surface area contributed by atoms with Crippen LogP contribution in [0.1, 0.15) is 43.0 Å². The number of hydrogen-bond donors (Lipinski definition) is 2. The van der Waals surface area contributed by atoms with Crippen molar-refractivity contribution in [3.63, 3.8) is 0 Å². The first-order valence-electron chi connectivity index (χ1n) is 6.61. The highest BCUT2D eigenvalue weighted by atomic mass is 19.1. The monoisotopic (exact) mass is 266 g/mol. The number of nitrogens with zero attached hydrogens (tertiary/aromatic N) is 1. The van der Waals surface area contributed by atoms with Gasteiger partial charge in [-0.25, -0.2) is 4.98 Å². The van der Waals surface area contributed by atoms with Crippen molar-refractivity contribution >= 4 is 5.91 Å². The summed E-state index contributed by atoms with van der Waals surface area (Å²) in [7, 11) is 0. The Bertz CT molecular complexity index is 457. The molecule has 1 saturated carbocycles. The molecule has 0 saturated heterocycles. The Morgan fingerprint density at radius 2 is 2.26 bits per heavy atom. The van der Waals surface area contributed by atoms with Crippen molar-refractivity contribution in [3.8, 4) is 0 Å². The Balaban J connectivity index is 1.90. The third-order valence-corrected chi connectivity index (χ3v) is 3.77. The maximum atomic E-state index is 12.9. The number of amides is 1. The number of nitrogens with one attached hydrogen (secondary N) is 1. The predicted molar refractivity (Wildman–Crippen MR) is 69.1 cm³/mol. The predicted octanol–water partition coefficient (Wildman–Crippen LogP) is 1.89. The summed E-state index contributed by atoms with van der Waals surface area (Å²) in [6.45, 7) is 2.38. The summed E-state index contributed by atoms with van der Waals surface area (Å²) in [6, 6.07) is 2.54. The Morgan fingerprint density at radius 3 is 2.89 bits per heavy atom. The Labute approximate surface area is 112 Å². The van der Waals surface area contributed by atoms with Crippen molar-refractivity contribution in [1.82, 2.24) is 10.3 Å². The van der Waals surface area contributed by atoms with Gasteiger partial charge < -0.3 is 10.4 Å². The lowest BCUT2D eigenvalue weighted by molar-refractivity contribution is -0.00540. The van der Waals surface area contributed by atoms with E-state index in [1.165, 1.54) is 12.3 Å². The smallest absolute Gasteiger partial charge is 0.251 e. The largest absolute Gasteiger partial charge is 0.388 e.